The highest BCUT2D eigenvalue weighted by molar-refractivity contribution is 7.91. The van der Waals surface area contributed by atoms with Gasteiger partial charge >= 0.3 is 0 Å². The minimum absolute atomic E-state index is 0.00847. The molecule has 0 fully saturated rings. The van der Waals surface area contributed by atoms with Crippen LogP contribution in [0.5, 0.6) is 0 Å². The van der Waals surface area contributed by atoms with Gasteiger partial charge in [-0.1, -0.05) is 18.2 Å². The molecule has 0 aliphatic heterocycles. The van der Waals surface area contributed by atoms with E-state index >= 15 is 0 Å². The molecule has 20 heavy (non-hydrogen) atoms. The number of rotatable bonds is 4. The fourth-order valence-electron chi connectivity index (χ4n) is 1.68. The van der Waals surface area contributed by atoms with Crippen molar-refractivity contribution < 1.29 is 18.4 Å². The topological polar surface area (TPSA) is 97.5 Å². The number of benzene rings is 2. The lowest BCUT2D eigenvalue weighted by atomic mass is 10.2. The van der Waals surface area contributed by atoms with Crippen LogP contribution < -0.4 is 0 Å². The lowest BCUT2D eigenvalue weighted by Gasteiger charge is -2.12. The van der Waals surface area contributed by atoms with Crippen LogP contribution in [0.3, 0.4) is 0 Å². The van der Waals surface area contributed by atoms with Crippen LogP contribution in [0.15, 0.2) is 59.5 Å². The molecule has 2 aromatic rings. The molecule has 0 heterocycles. The molecule has 0 saturated heterocycles. The highest BCUT2D eigenvalue weighted by Crippen LogP contribution is 2.27. The zero-order valence-electron chi connectivity index (χ0n) is 10.2. The number of aliphatic hydroxyl groups is 1. The van der Waals surface area contributed by atoms with Gasteiger partial charge in [-0.3, -0.25) is 10.1 Å². The molecule has 0 radical (unpaired) electrons. The molecule has 1 N–H and O–H groups in total. The van der Waals surface area contributed by atoms with Crippen molar-refractivity contribution in [1.29, 1.82) is 0 Å². The smallest absolute Gasteiger partial charge is 0.269 e. The van der Waals surface area contributed by atoms with E-state index in [-0.39, 0.29) is 16.1 Å². The van der Waals surface area contributed by atoms with Gasteiger partial charge in [0, 0.05) is 12.1 Å². The van der Waals surface area contributed by atoms with Gasteiger partial charge in [-0.05, 0) is 29.8 Å². The summed E-state index contributed by atoms with van der Waals surface area (Å²) in [5.41, 5.74) is -1.84. The number of nitro groups is 1. The third-order valence-electron chi connectivity index (χ3n) is 2.75. The second-order valence-corrected chi connectivity index (χ2v) is 6.07. The number of aliphatic hydroxyl groups excluding tert-OH is 1. The molecular weight excluding hydrogens is 282 g/mol. The van der Waals surface area contributed by atoms with Gasteiger partial charge in [0.25, 0.3) is 5.69 Å². The second-order valence-electron chi connectivity index (χ2n) is 4.06. The molecule has 0 saturated carbocycles. The van der Waals surface area contributed by atoms with Gasteiger partial charge in [-0.15, -0.1) is 0 Å². The predicted octanol–water partition coefficient (Wildman–Crippen LogP) is 2.06. The maximum absolute atomic E-state index is 12.2. The van der Waals surface area contributed by atoms with Crippen molar-refractivity contribution in [2.75, 3.05) is 0 Å². The predicted molar refractivity (Wildman–Crippen MR) is 71.7 cm³/mol. The fourth-order valence-corrected chi connectivity index (χ4v) is 2.99. The molecule has 6 nitrogen and oxygen atoms in total. The van der Waals surface area contributed by atoms with E-state index < -0.39 is 20.2 Å². The van der Waals surface area contributed by atoms with Crippen molar-refractivity contribution in [2.24, 2.45) is 0 Å². The Morgan fingerprint density at radius 2 is 1.55 bits per heavy atom. The van der Waals surface area contributed by atoms with Crippen molar-refractivity contribution in [3.05, 3.63) is 70.3 Å². The number of sulfone groups is 1. The van der Waals surface area contributed by atoms with Crippen LogP contribution in [-0.2, 0) is 9.84 Å². The quantitative estimate of drug-likeness (QED) is 0.687. The average Bonchev–Trinajstić information content (AvgIpc) is 2.47. The van der Waals surface area contributed by atoms with Crippen molar-refractivity contribution in [1.82, 2.24) is 0 Å². The minimum atomic E-state index is -3.94. The summed E-state index contributed by atoms with van der Waals surface area (Å²) in [6.07, 6.45) is 0. The van der Waals surface area contributed by atoms with Gasteiger partial charge in [-0.25, -0.2) is 8.42 Å². The van der Waals surface area contributed by atoms with E-state index in [0.29, 0.717) is 0 Å². The van der Waals surface area contributed by atoms with E-state index in [0.717, 1.165) is 12.1 Å². The molecule has 0 spiro atoms. The molecule has 0 aromatic heterocycles. The highest BCUT2D eigenvalue weighted by Gasteiger charge is 2.26. The Kier molecular flexibility index (Phi) is 3.82. The van der Waals surface area contributed by atoms with E-state index in [1.165, 1.54) is 24.3 Å². The van der Waals surface area contributed by atoms with Gasteiger partial charge in [0.15, 0.2) is 5.44 Å². The Balaban J connectivity index is 2.36. The maximum atomic E-state index is 12.2. The van der Waals surface area contributed by atoms with E-state index in [4.69, 9.17) is 0 Å². The first-order valence-electron chi connectivity index (χ1n) is 5.64. The second kappa shape index (κ2) is 5.40. The molecule has 104 valence electrons. The molecule has 0 bridgehead atoms. The summed E-state index contributed by atoms with van der Waals surface area (Å²) in [7, 11) is -3.94. The van der Waals surface area contributed by atoms with E-state index in [9.17, 15) is 23.6 Å². The standard InChI is InChI=1S/C13H11NO5S/c15-13(10-6-8-11(9-7-10)14(16)17)20(18,19)12-4-2-1-3-5-12/h1-9,13,15H. The Hall–Kier alpha value is -2.25. The van der Waals surface area contributed by atoms with Crippen LogP contribution in [-0.4, -0.2) is 18.4 Å². The lowest BCUT2D eigenvalue weighted by molar-refractivity contribution is -0.384. The summed E-state index contributed by atoms with van der Waals surface area (Å²) in [4.78, 5) is 9.92. The summed E-state index contributed by atoms with van der Waals surface area (Å²) >= 11 is 0. The van der Waals surface area contributed by atoms with Crippen LogP contribution in [0.4, 0.5) is 5.69 Å². The SMILES string of the molecule is O=[N+]([O-])c1ccc(C(O)S(=O)(=O)c2ccccc2)cc1. The first-order chi connectivity index (χ1) is 9.43. The monoisotopic (exact) mass is 293 g/mol. The minimum Gasteiger partial charge on any atom is -0.373 e. The van der Waals surface area contributed by atoms with E-state index in [1.54, 1.807) is 18.2 Å². The van der Waals surface area contributed by atoms with Gasteiger partial charge in [0.1, 0.15) is 0 Å². The van der Waals surface area contributed by atoms with Gasteiger partial charge in [0.05, 0.1) is 9.82 Å². The highest BCUT2D eigenvalue weighted by atomic mass is 32.2. The zero-order chi connectivity index (χ0) is 14.8. The van der Waals surface area contributed by atoms with Crippen molar-refractivity contribution >= 4 is 15.5 Å². The van der Waals surface area contributed by atoms with Gasteiger partial charge in [0.2, 0.25) is 9.84 Å². The summed E-state index contributed by atoms with van der Waals surface area (Å²) in [5, 5.41) is 20.5. The zero-order valence-corrected chi connectivity index (χ0v) is 11.0. The molecule has 1 unspecified atom stereocenters. The van der Waals surface area contributed by atoms with Crippen molar-refractivity contribution in [2.45, 2.75) is 10.3 Å². The molecule has 0 aliphatic rings. The Labute approximate surface area is 115 Å². The van der Waals surface area contributed by atoms with Crippen LogP contribution in [0.25, 0.3) is 0 Å². The fraction of sp³-hybridized carbons (Fsp3) is 0.0769. The third kappa shape index (κ3) is 2.68. The Morgan fingerprint density at radius 3 is 2.05 bits per heavy atom. The summed E-state index contributed by atoms with van der Waals surface area (Å²) in [6.45, 7) is 0. The summed E-state index contributed by atoms with van der Waals surface area (Å²) in [5.74, 6) is 0. The number of nitro benzene ring substituents is 1. The maximum Gasteiger partial charge on any atom is 0.269 e. The molecule has 7 heteroatoms. The van der Waals surface area contributed by atoms with Crippen molar-refractivity contribution in [3.63, 3.8) is 0 Å². The van der Waals surface area contributed by atoms with E-state index in [1.807, 2.05) is 0 Å². The van der Waals surface area contributed by atoms with Gasteiger partial charge in [-0.2, -0.15) is 0 Å². The number of nitrogens with zero attached hydrogens (tertiary/aromatic N) is 1. The van der Waals surface area contributed by atoms with E-state index in [2.05, 4.69) is 0 Å². The number of non-ortho nitro benzene ring substituents is 1. The van der Waals surface area contributed by atoms with Crippen molar-refractivity contribution in [3.8, 4) is 0 Å². The van der Waals surface area contributed by atoms with Crippen LogP contribution in [0, 0.1) is 10.1 Å². The Bertz CT molecular complexity index is 710. The van der Waals surface area contributed by atoms with Gasteiger partial charge < -0.3 is 5.11 Å². The summed E-state index contributed by atoms with van der Waals surface area (Å²) < 4.78 is 24.3. The molecule has 2 aromatic carbocycles. The lowest BCUT2D eigenvalue weighted by Crippen LogP contribution is -2.13. The third-order valence-corrected chi connectivity index (χ3v) is 4.54. The molecular formula is C13H11NO5S. The first kappa shape index (κ1) is 14.2. The molecule has 0 amide bonds. The molecule has 1 atom stereocenters. The largest absolute Gasteiger partial charge is 0.373 e. The average molecular weight is 293 g/mol. The van der Waals surface area contributed by atoms with Crippen LogP contribution >= 0.6 is 0 Å². The van der Waals surface area contributed by atoms with Crippen LogP contribution in [0.2, 0.25) is 0 Å². The first-order valence-corrected chi connectivity index (χ1v) is 7.19. The van der Waals surface area contributed by atoms with Crippen LogP contribution in [0.1, 0.15) is 11.0 Å². The number of hydrogen-bond acceptors (Lipinski definition) is 5. The summed E-state index contributed by atoms with van der Waals surface area (Å²) in [6, 6.07) is 12.3. The molecule has 0 aliphatic carbocycles. The number of hydrogen-bond donors (Lipinski definition) is 1. The normalized spacial score (nSPS) is 12.8. The Morgan fingerprint density at radius 1 is 1.00 bits per heavy atom. The molecule has 2 rings (SSSR count).